The number of piperidine rings is 1. The molecule has 1 aromatic carbocycles. The Morgan fingerprint density at radius 2 is 2.11 bits per heavy atom. The number of halogens is 1. The summed E-state index contributed by atoms with van der Waals surface area (Å²) in [6.45, 7) is 5.22. The molecule has 1 saturated heterocycles. The molecule has 28 heavy (non-hydrogen) atoms. The summed E-state index contributed by atoms with van der Waals surface area (Å²) < 4.78 is 16.2. The van der Waals surface area contributed by atoms with Crippen molar-refractivity contribution in [1.29, 1.82) is 0 Å². The molecule has 8 heteroatoms. The fourth-order valence-corrected chi connectivity index (χ4v) is 3.89. The van der Waals surface area contributed by atoms with Gasteiger partial charge in [0.25, 0.3) is 0 Å². The van der Waals surface area contributed by atoms with E-state index in [1.54, 1.807) is 0 Å². The van der Waals surface area contributed by atoms with Crippen LogP contribution in [0.5, 0.6) is 5.75 Å². The fourth-order valence-electron chi connectivity index (χ4n) is 3.66. The summed E-state index contributed by atoms with van der Waals surface area (Å²) in [5.74, 6) is -0.0627. The van der Waals surface area contributed by atoms with Crippen molar-refractivity contribution in [3.8, 4) is 5.75 Å². The maximum atomic E-state index is 12.7. The Balaban J connectivity index is 1.48. The third-order valence-electron chi connectivity index (χ3n) is 5.16. The molecule has 0 spiro atoms. The van der Waals surface area contributed by atoms with Crippen LogP contribution in [0.25, 0.3) is 0 Å². The van der Waals surface area contributed by atoms with Crippen LogP contribution in [-0.2, 0) is 20.7 Å². The minimum Gasteiger partial charge on any atom is -0.492 e. The molecular formula is C20H27ClN2O5. The van der Waals surface area contributed by atoms with Crippen LogP contribution < -0.4 is 10.5 Å². The molecule has 0 atom stereocenters. The highest BCUT2D eigenvalue weighted by molar-refractivity contribution is 6.33. The number of nitrogens with two attached hydrogens (primary N) is 1. The minimum atomic E-state index is -0.416. The van der Waals surface area contributed by atoms with Gasteiger partial charge in [0, 0.05) is 31.5 Å². The number of benzene rings is 1. The van der Waals surface area contributed by atoms with Crippen molar-refractivity contribution >= 4 is 29.2 Å². The van der Waals surface area contributed by atoms with E-state index < -0.39 is 5.97 Å². The number of hydrogen-bond acceptors (Lipinski definition) is 7. The average molecular weight is 411 g/mol. The molecule has 2 heterocycles. The molecule has 0 radical (unpaired) electrons. The maximum Gasteiger partial charge on any atom is 0.342 e. The van der Waals surface area contributed by atoms with Crippen LogP contribution in [-0.4, -0.2) is 55.8 Å². The van der Waals surface area contributed by atoms with Crippen LogP contribution in [0.1, 0.15) is 48.5 Å². The lowest BCUT2D eigenvalue weighted by molar-refractivity contribution is -0.143. The van der Waals surface area contributed by atoms with Crippen molar-refractivity contribution in [3.05, 3.63) is 22.2 Å². The van der Waals surface area contributed by atoms with Gasteiger partial charge >= 0.3 is 11.9 Å². The molecule has 7 nitrogen and oxygen atoms in total. The molecule has 0 aromatic heterocycles. The molecule has 1 aromatic rings. The largest absolute Gasteiger partial charge is 0.492 e. The van der Waals surface area contributed by atoms with Gasteiger partial charge in [0.15, 0.2) is 0 Å². The Morgan fingerprint density at radius 1 is 1.36 bits per heavy atom. The number of carbonyl (C=O) groups is 2. The Hall–Kier alpha value is -1.99. The number of hydrogen-bond donors (Lipinski definition) is 1. The zero-order valence-electron chi connectivity index (χ0n) is 16.2. The molecule has 1 fully saturated rings. The van der Waals surface area contributed by atoms with Gasteiger partial charge in [0.2, 0.25) is 0 Å². The first-order valence-electron chi connectivity index (χ1n) is 9.82. The first-order chi connectivity index (χ1) is 13.5. The molecule has 0 amide bonds. The van der Waals surface area contributed by atoms with Crippen LogP contribution in [0.3, 0.4) is 0 Å². The van der Waals surface area contributed by atoms with Crippen molar-refractivity contribution in [1.82, 2.24) is 4.90 Å². The lowest BCUT2D eigenvalue weighted by atomic mass is 10.0. The highest BCUT2D eigenvalue weighted by Gasteiger charge is 2.29. The number of nitrogen functional groups attached to an aromatic ring is 1. The molecule has 3 rings (SSSR count). The second kappa shape index (κ2) is 9.47. The third kappa shape index (κ3) is 4.89. The summed E-state index contributed by atoms with van der Waals surface area (Å²) in [6.07, 6.45) is 3.24. The number of rotatable bonds is 7. The van der Waals surface area contributed by atoms with Crippen molar-refractivity contribution in [2.75, 3.05) is 38.6 Å². The van der Waals surface area contributed by atoms with Crippen molar-refractivity contribution in [2.45, 2.75) is 45.1 Å². The van der Waals surface area contributed by atoms with E-state index >= 15 is 0 Å². The normalized spacial score (nSPS) is 17.1. The first kappa shape index (κ1) is 20.7. The van der Waals surface area contributed by atoms with Crippen molar-refractivity contribution in [2.24, 2.45) is 0 Å². The minimum absolute atomic E-state index is 0.137. The summed E-state index contributed by atoms with van der Waals surface area (Å²) in [5.41, 5.74) is 7.59. The highest BCUT2D eigenvalue weighted by Crippen LogP contribution is 2.39. The van der Waals surface area contributed by atoms with Gasteiger partial charge in [0.05, 0.1) is 23.9 Å². The van der Waals surface area contributed by atoms with Crippen LogP contribution in [0, 0.1) is 0 Å². The van der Waals surface area contributed by atoms with E-state index in [9.17, 15) is 9.59 Å². The predicted octanol–water partition coefficient (Wildman–Crippen LogP) is 2.82. The number of nitrogens with zero attached hydrogens (tertiary/aromatic N) is 1. The predicted molar refractivity (Wildman–Crippen MR) is 106 cm³/mol. The highest BCUT2D eigenvalue weighted by atomic mass is 35.5. The van der Waals surface area contributed by atoms with Gasteiger partial charge in [-0.2, -0.15) is 0 Å². The smallest absolute Gasteiger partial charge is 0.342 e. The van der Waals surface area contributed by atoms with Crippen LogP contribution >= 0.6 is 11.6 Å². The van der Waals surface area contributed by atoms with E-state index in [4.69, 9.17) is 31.5 Å². The number of ether oxygens (including phenoxy) is 3. The first-order valence-corrected chi connectivity index (χ1v) is 10.2. The van der Waals surface area contributed by atoms with Crippen LogP contribution in [0.2, 0.25) is 5.02 Å². The van der Waals surface area contributed by atoms with E-state index in [1.807, 2.05) is 6.92 Å². The standard InChI is InChI=1S/C20H27ClN2O5/c1-2-26-17(24)4-3-8-23-9-5-13(6-10-23)28-20(25)15-12-16(21)18(22)14-7-11-27-19(14)15/h12-13H,2-11,22H2,1H3. The van der Waals surface area contributed by atoms with E-state index in [2.05, 4.69) is 4.90 Å². The average Bonchev–Trinajstić information content (AvgIpc) is 3.16. The molecule has 0 aliphatic carbocycles. The monoisotopic (exact) mass is 410 g/mol. The summed E-state index contributed by atoms with van der Waals surface area (Å²) in [7, 11) is 0. The molecule has 154 valence electrons. The van der Waals surface area contributed by atoms with E-state index in [-0.39, 0.29) is 12.1 Å². The number of carbonyl (C=O) groups excluding carboxylic acids is 2. The zero-order valence-corrected chi connectivity index (χ0v) is 16.9. The Bertz CT molecular complexity index is 732. The lowest BCUT2D eigenvalue weighted by Gasteiger charge is -2.31. The van der Waals surface area contributed by atoms with Crippen LogP contribution in [0.4, 0.5) is 5.69 Å². The Kier molecular flexibility index (Phi) is 7.02. The number of fused-ring (bicyclic) bond motifs is 1. The van der Waals surface area contributed by atoms with Gasteiger partial charge in [-0.05, 0) is 38.8 Å². The van der Waals surface area contributed by atoms with Gasteiger partial charge in [-0.25, -0.2) is 4.79 Å². The van der Waals surface area contributed by atoms with E-state index in [0.29, 0.717) is 48.1 Å². The summed E-state index contributed by atoms with van der Waals surface area (Å²) in [5, 5.41) is 0.354. The summed E-state index contributed by atoms with van der Waals surface area (Å²) in [4.78, 5) is 26.3. The van der Waals surface area contributed by atoms with Gasteiger partial charge in [0.1, 0.15) is 17.4 Å². The molecular weight excluding hydrogens is 384 g/mol. The van der Waals surface area contributed by atoms with Gasteiger partial charge in [-0.3, -0.25) is 4.79 Å². The van der Waals surface area contributed by atoms with E-state index in [0.717, 1.165) is 44.5 Å². The molecule has 0 saturated carbocycles. The number of likely N-dealkylation sites (tertiary alicyclic amines) is 1. The zero-order chi connectivity index (χ0) is 20.1. The SMILES string of the molecule is CCOC(=O)CCCN1CCC(OC(=O)c2cc(Cl)c(N)c3c2OCC3)CC1. The quantitative estimate of drug-likeness (QED) is 0.545. The van der Waals surface area contributed by atoms with E-state index in [1.165, 1.54) is 6.07 Å². The second-order valence-corrected chi connectivity index (χ2v) is 7.49. The van der Waals surface area contributed by atoms with Gasteiger partial charge in [-0.15, -0.1) is 0 Å². The number of anilines is 1. The topological polar surface area (TPSA) is 91.1 Å². The van der Waals surface area contributed by atoms with Crippen LogP contribution in [0.15, 0.2) is 6.07 Å². The number of esters is 2. The molecule has 2 aliphatic heterocycles. The third-order valence-corrected chi connectivity index (χ3v) is 5.47. The van der Waals surface area contributed by atoms with Crippen molar-refractivity contribution < 1.29 is 23.8 Å². The van der Waals surface area contributed by atoms with Crippen molar-refractivity contribution in [3.63, 3.8) is 0 Å². The van der Waals surface area contributed by atoms with Gasteiger partial charge < -0.3 is 24.8 Å². The Labute approximate surface area is 170 Å². The molecule has 2 aliphatic rings. The molecule has 0 unspecified atom stereocenters. The lowest BCUT2D eigenvalue weighted by Crippen LogP contribution is -2.38. The molecule has 0 bridgehead atoms. The summed E-state index contributed by atoms with van der Waals surface area (Å²) in [6, 6.07) is 1.54. The Morgan fingerprint density at radius 3 is 2.82 bits per heavy atom. The molecule has 2 N–H and O–H groups in total. The fraction of sp³-hybridized carbons (Fsp3) is 0.600. The maximum absolute atomic E-state index is 12.7. The summed E-state index contributed by atoms with van der Waals surface area (Å²) >= 11 is 6.17. The van der Waals surface area contributed by atoms with Gasteiger partial charge in [-0.1, -0.05) is 11.6 Å². The second-order valence-electron chi connectivity index (χ2n) is 7.08.